The van der Waals surface area contributed by atoms with Crippen LogP contribution in [-0.4, -0.2) is 21.0 Å². The maximum Gasteiger partial charge on any atom is 0.250 e. The van der Waals surface area contributed by atoms with Gasteiger partial charge in [-0.25, -0.2) is 13.1 Å². The molecule has 1 aliphatic carbocycles. The van der Waals surface area contributed by atoms with Crippen LogP contribution >= 0.6 is 11.3 Å². The Hall–Kier alpha value is -0.430. The van der Waals surface area contributed by atoms with Gasteiger partial charge in [-0.1, -0.05) is 26.7 Å². The van der Waals surface area contributed by atoms with Gasteiger partial charge in [-0.05, 0) is 35.8 Å². The van der Waals surface area contributed by atoms with Gasteiger partial charge < -0.3 is 5.32 Å². The Morgan fingerprint density at radius 2 is 2.15 bits per heavy atom. The molecule has 1 fully saturated rings. The van der Waals surface area contributed by atoms with E-state index in [1.165, 1.54) is 24.2 Å². The minimum Gasteiger partial charge on any atom is -0.310 e. The zero-order chi connectivity index (χ0) is 14.6. The Labute approximate surface area is 126 Å². The Kier molecular flexibility index (Phi) is 5.60. The van der Waals surface area contributed by atoms with Crippen LogP contribution in [-0.2, 0) is 16.6 Å². The molecule has 2 N–H and O–H groups in total. The average Bonchev–Trinajstić information content (AvgIpc) is 3.07. The highest BCUT2D eigenvalue weighted by atomic mass is 32.2. The lowest BCUT2D eigenvalue weighted by Crippen LogP contribution is -2.24. The first kappa shape index (κ1) is 15.9. The van der Waals surface area contributed by atoms with Crippen LogP contribution in [0.15, 0.2) is 15.7 Å². The number of hydrogen-bond donors (Lipinski definition) is 2. The van der Waals surface area contributed by atoms with Crippen LogP contribution in [0.5, 0.6) is 0 Å². The molecule has 6 heteroatoms. The Morgan fingerprint density at radius 1 is 1.40 bits per heavy atom. The van der Waals surface area contributed by atoms with Crippen molar-refractivity contribution in [3.63, 3.8) is 0 Å². The summed E-state index contributed by atoms with van der Waals surface area (Å²) in [6.07, 6.45) is 4.74. The molecule has 1 aliphatic rings. The third kappa shape index (κ3) is 5.16. The molecular formula is C14H24N2O2S2. The van der Waals surface area contributed by atoms with E-state index in [1.54, 1.807) is 6.07 Å². The number of hydrogen-bond acceptors (Lipinski definition) is 4. The molecule has 0 unspecified atom stereocenters. The molecule has 4 nitrogen and oxygen atoms in total. The van der Waals surface area contributed by atoms with Crippen LogP contribution in [0.1, 0.15) is 45.1 Å². The summed E-state index contributed by atoms with van der Waals surface area (Å²) in [6.45, 7) is 5.42. The van der Waals surface area contributed by atoms with Gasteiger partial charge in [0, 0.05) is 19.1 Å². The zero-order valence-corrected chi connectivity index (χ0v) is 13.8. The van der Waals surface area contributed by atoms with Crippen LogP contribution < -0.4 is 10.0 Å². The van der Waals surface area contributed by atoms with Crippen LogP contribution in [0, 0.1) is 5.92 Å². The summed E-state index contributed by atoms with van der Waals surface area (Å²) in [7, 11) is -3.31. The molecule has 20 heavy (non-hydrogen) atoms. The van der Waals surface area contributed by atoms with Crippen LogP contribution in [0.4, 0.5) is 0 Å². The van der Waals surface area contributed by atoms with Crippen molar-refractivity contribution in [3.05, 3.63) is 17.0 Å². The van der Waals surface area contributed by atoms with Crippen molar-refractivity contribution >= 4 is 21.4 Å². The summed E-state index contributed by atoms with van der Waals surface area (Å²) in [5.74, 6) is 0.856. The molecule has 0 bridgehead atoms. The molecule has 1 aromatic rings. The largest absolute Gasteiger partial charge is 0.310 e. The molecule has 1 saturated carbocycles. The molecule has 0 aromatic carbocycles. The van der Waals surface area contributed by atoms with Gasteiger partial charge in [-0.2, -0.15) is 0 Å². The highest BCUT2D eigenvalue weighted by Crippen LogP contribution is 2.33. The van der Waals surface area contributed by atoms with Gasteiger partial charge in [0.1, 0.15) is 4.21 Å². The number of thiophene rings is 1. The van der Waals surface area contributed by atoms with Crippen LogP contribution in [0.2, 0.25) is 0 Å². The summed E-state index contributed by atoms with van der Waals surface area (Å²) >= 11 is 1.29. The highest BCUT2D eigenvalue weighted by Gasteiger charge is 2.21. The quantitative estimate of drug-likeness (QED) is 0.689. The second-order valence-electron chi connectivity index (χ2n) is 5.79. The second-order valence-corrected chi connectivity index (χ2v) is 8.70. The van der Waals surface area contributed by atoms with Crippen molar-refractivity contribution in [2.45, 2.75) is 56.3 Å². The van der Waals surface area contributed by atoms with E-state index in [4.69, 9.17) is 0 Å². The van der Waals surface area contributed by atoms with Crippen molar-refractivity contribution in [1.29, 1.82) is 0 Å². The first-order valence-electron chi connectivity index (χ1n) is 7.28. The van der Waals surface area contributed by atoms with E-state index in [2.05, 4.69) is 23.9 Å². The SMILES string of the molecule is CC(C)NCc1csc(S(=O)(=O)NCCCC2CC2)c1. The highest BCUT2D eigenvalue weighted by molar-refractivity contribution is 7.91. The van der Waals surface area contributed by atoms with Gasteiger partial charge >= 0.3 is 0 Å². The van der Waals surface area contributed by atoms with E-state index in [1.807, 2.05) is 5.38 Å². The Morgan fingerprint density at radius 3 is 2.80 bits per heavy atom. The average molecular weight is 316 g/mol. The molecule has 0 spiro atoms. The number of sulfonamides is 1. The Balaban J connectivity index is 1.81. The van der Waals surface area contributed by atoms with Crippen LogP contribution in [0.3, 0.4) is 0 Å². The van der Waals surface area contributed by atoms with Crippen molar-refractivity contribution in [3.8, 4) is 0 Å². The fourth-order valence-corrected chi connectivity index (χ4v) is 4.31. The monoisotopic (exact) mass is 316 g/mol. The molecule has 1 heterocycles. The maximum absolute atomic E-state index is 12.1. The van der Waals surface area contributed by atoms with Crippen molar-refractivity contribution < 1.29 is 8.42 Å². The molecule has 0 aliphatic heterocycles. The molecule has 2 rings (SSSR count). The van der Waals surface area contributed by atoms with Crippen molar-refractivity contribution in [2.24, 2.45) is 5.92 Å². The topological polar surface area (TPSA) is 58.2 Å². The van der Waals surface area contributed by atoms with Gasteiger partial charge in [0.25, 0.3) is 0 Å². The van der Waals surface area contributed by atoms with E-state index in [9.17, 15) is 8.42 Å². The summed E-state index contributed by atoms with van der Waals surface area (Å²) in [5, 5.41) is 5.20. The third-order valence-electron chi connectivity index (χ3n) is 3.39. The van der Waals surface area contributed by atoms with Gasteiger partial charge in [-0.3, -0.25) is 0 Å². The molecular weight excluding hydrogens is 292 g/mol. The number of rotatable bonds is 9. The third-order valence-corrected chi connectivity index (χ3v) is 6.34. The summed E-state index contributed by atoms with van der Waals surface area (Å²) in [4.78, 5) is 0. The van der Waals surface area contributed by atoms with E-state index in [0.29, 0.717) is 23.3 Å². The lowest BCUT2D eigenvalue weighted by molar-refractivity contribution is 0.574. The first-order chi connectivity index (χ1) is 9.47. The lowest BCUT2D eigenvalue weighted by atomic mass is 10.2. The normalized spacial score (nSPS) is 15.9. The number of nitrogens with one attached hydrogen (secondary N) is 2. The predicted molar refractivity (Wildman–Crippen MR) is 83.4 cm³/mol. The molecule has 0 atom stereocenters. The van der Waals surface area contributed by atoms with Crippen molar-refractivity contribution in [1.82, 2.24) is 10.0 Å². The molecule has 0 amide bonds. The minimum atomic E-state index is -3.31. The summed E-state index contributed by atoms with van der Waals surface area (Å²) in [5.41, 5.74) is 1.03. The van der Waals surface area contributed by atoms with E-state index in [-0.39, 0.29) is 0 Å². The molecule has 0 saturated heterocycles. The molecule has 114 valence electrons. The molecule has 0 radical (unpaired) electrons. The summed E-state index contributed by atoms with van der Waals surface area (Å²) < 4.78 is 27.4. The van der Waals surface area contributed by atoms with Crippen molar-refractivity contribution in [2.75, 3.05) is 6.54 Å². The fraction of sp³-hybridized carbons (Fsp3) is 0.714. The zero-order valence-electron chi connectivity index (χ0n) is 12.2. The van der Waals surface area contributed by atoms with E-state index < -0.39 is 10.0 Å². The smallest absolute Gasteiger partial charge is 0.250 e. The van der Waals surface area contributed by atoms with E-state index >= 15 is 0 Å². The van der Waals surface area contributed by atoms with Gasteiger partial charge in [-0.15, -0.1) is 11.3 Å². The van der Waals surface area contributed by atoms with Gasteiger partial charge in [0.05, 0.1) is 0 Å². The summed E-state index contributed by atoms with van der Waals surface area (Å²) in [6, 6.07) is 2.17. The fourth-order valence-electron chi connectivity index (χ4n) is 1.98. The minimum absolute atomic E-state index is 0.399. The van der Waals surface area contributed by atoms with Gasteiger partial charge in [0.15, 0.2) is 0 Å². The second kappa shape index (κ2) is 7.02. The lowest BCUT2D eigenvalue weighted by Gasteiger charge is -2.06. The van der Waals surface area contributed by atoms with E-state index in [0.717, 1.165) is 24.3 Å². The maximum atomic E-state index is 12.1. The molecule has 1 aromatic heterocycles. The first-order valence-corrected chi connectivity index (χ1v) is 9.64. The standard InChI is InChI=1S/C14H24N2O2S2/c1-11(2)15-9-13-8-14(19-10-13)20(17,18)16-7-3-4-12-5-6-12/h8,10-12,15-16H,3-7,9H2,1-2H3. The Bertz CT molecular complexity index is 519. The predicted octanol–water partition coefficient (Wildman–Crippen LogP) is 2.71. The van der Waals surface area contributed by atoms with Gasteiger partial charge in [0.2, 0.25) is 10.0 Å². The van der Waals surface area contributed by atoms with Crippen LogP contribution in [0.25, 0.3) is 0 Å².